The lowest BCUT2D eigenvalue weighted by Crippen LogP contribution is -2.48. The normalized spacial score (nSPS) is 14.2. The number of para-hydroxylation sites is 1. The van der Waals surface area contributed by atoms with Crippen LogP contribution in [0.5, 0.6) is 0 Å². The van der Waals surface area contributed by atoms with Crippen molar-refractivity contribution in [3.63, 3.8) is 0 Å². The van der Waals surface area contributed by atoms with Crippen molar-refractivity contribution in [3.8, 4) is 0 Å². The summed E-state index contributed by atoms with van der Waals surface area (Å²) < 4.78 is 41.4. The molecule has 1 fully saturated rings. The van der Waals surface area contributed by atoms with Gasteiger partial charge >= 0.3 is 0 Å². The topological polar surface area (TPSA) is 85.8 Å². The first-order valence-electron chi connectivity index (χ1n) is 12.3. The molecule has 1 saturated heterocycles. The number of aromatic nitrogens is 1. The van der Waals surface area contributed by atoms with Crippen LogP contribution in [-0.4, -0.2) is 70.5 Å². The number of benzene rings is 3. The highest BCUT2D eigenvalue weighted by Gasteiger charge is 2.22. The minimum absolute atomic E-state index is 0. The van der Waals surface area contributed by atoms with Crippen molar-refractivity contribution in [2.45, 2.75) is 4.90 Å². The summed E-state index contributed by atoms with van der Waals surface area (Å²) in [4.78, 5) is 21.9. The number of rotatable bonds is 8. The van der Waals surface area contributed by atoms with Crippen LogP contribution < -0.4 is 14.5 Å². The molecule has 1 N–H and O–H groups in total. The molecule has 1 amide bonds. The Labute approximate surface area is 237 Å². The lowest BCUT2D eigenvalue weighted by atomic mass is 10.2. The average molecular weight is 590 g/mol. The maximum atomic E-state index is 13.5. The molecule has 0 atom stereocenters. The summed E-state index contributed by atoms with van der Waals surface area (Å²) >= 11 is 1.50. The first-order valence-corrected chi connectivity index (χ1v) is 14.5. The number of amides is 1. The number of piperazine rings is 1. The molecular weight excluding hydrogens is 561 g/mol. The lowest BCUT2D eigenvalue weighted by molar-refractivity contribution is 0.0947. The molecule has 206 valence electrons. The van der Waals surface area contributed by atoms with Gasteiger partial charge in [-0.2, -0.15) is 0 Å². The second kappa shape index (κ2) is 12.3. The third kappa shape index (κ3) is 6.50. The Morgan fingerprint density at radius 1 is 1.03 bits per heavy atom. The fourth-order valence-corrected chi connectivity index (χ4v) is 6.56. The summed E-state index contributed by atoms with van der Waals surface area (Å²) in [5.41, 5.74) is 1.78. The number of halogens is 2. The van der Waals surface area contributed by atoms with Crippen molar-refractivity contribution >= 4 is 60.7 Å². The fraction of sp³-hybridized carbons (Fsp3) is 0.259. The van der Waals surface area contributed by atoms with Gasteiger partial charge in [-0.3, -0.25) is 14.0 Å². The Morgan fingerprint density at radius 2 is 1.72 bits per heavy atom. The number of carbonyl (C=O) groups is 1. The van der Waals surface area contributed by atoms with Gasteiger partial charge in [0, 0.05) is 51.9 Å². The maximum absolute atomic E-state index is 13.5. The molecule has 3 aromatic carbocycles. The van der Waals surface area contributed by atoms with E-state index in [1.54, 1.807) is 30.3 Å². The molecule has 1 aliphatic rings. The Bertz CT molecular complexity index is 1530. The monoisotopic (exact) mass is 589 g/mol. The highest BCUT2D eigenvalue weighted by molar-refractivity contribution is 7.92. The first-order chi connectivity index (χ1) is 18.3. The molecule has 12 heteroatoms. The van der Waals surface area contributed by atoms with E-state index in [4.69, 9.17) is 0 Å². The molecule has 0 unspecified atom stereocenters. The van der Waals surface area contributed by atoms with E-state index in [1.165, 1.54) is 59.1 Å². The van der Waals surface area contributed by atoms with E-state index < -0.39 is 10.0 Å². The summed E-state index contributed by atoms with van der Waals surface area (Å²) in [6.45, 7) is 4.48. The largest absolute Gasteiger partial charge is 0.351 e. The number of anilines is 2. The smallest absolute Gasteiger partial charge is 0.264 e. The van der Waals surface area contributed by atoms with Crippen LogP contribution in [0.4, 0.5) is 15.2 Å². The zero-order chi connectivity index (χ0) is 26.7. The van der Waals surface area contributed by atoms with Gasteiger partial charge in [-0.1, -0.05) is 29.5 Å². The third-order valence-corrected chi connectivity index (χ3v) is 9.47. The fourth-order valence-electron chi connectivity index (χ4n) is 4.33. The molecule has 2 heterocycles. The van der Waals surface area contributed by atoms with Gasteiger partial charge in [-0.05, 0) is 54.6 Å². The van der Waals surface area contributed by atoms with Gasteiger partial charge in [0.15, 0.2) is 5.13 Å². The summed E-state index contributed by atoms with van der Waals surface area (Å²) in [6, 6.07) is 19.5. The second-order valence-corrected chi connectivity index (χ2v) is 12.0. The van der Waals surface area contributed by atoms with Crippen molar-refractivity contribution in [1.82, 2.24) is 15.2 Å². The van der Waals surface area contributed by atoms with Crippen molar-refractivity contribution in [1.29, 1.82) is 0 Å². The summed E-state index contributed by atoms with van der Waals surface area (Å²) in [7, 11) is -2.22. The van der Waals surface area contributed by atoms with Crippen LogP contribution in [0, 0.1) is 5.82 Å². The number of thiazole rings is 1. The lowest BCUT2D eigenvalue weighted by Gasteiger charge is -2.34. The number of fused-ring (bicyclic) bond motifs is 1. The van der Waals surface area contributed by atoms with Crippen LogP contribution in [0.2, 0.25) is 0 Å². The molecule has 8 nitrogen and oxygen atoms in total. The van der Waals surface area contributed by atoms with Crippen molar-refractivity contribution in [2.24, 2.45) is 0 Å². The molecule has 0 saturated carbocycles. The SMILES string of the molecule is CN(c1ccccc1)S(=O)(=O)c1ccc(C(=O)NCCN2CCN(c3nc4ccc(F)cc4s3)CC2)cc1.Cl. The van der Waals surface area contributed by atoms with Crippen LogP contribution in [0.15, 0.2) is 77.7 Å². The zero-order valence-corrected chi connectivity index (χ0v) is 23.7. The van der Waals surface area contributed by atoms with Gasteiger partial charge in [-0.15, -0.1) is 12.4 Å². The molecule has 39 heavy (non-hydrogen) atoms. The van der Waals surface area contributed by atoms with Gasteiger partial charge in [0.1, 0.15) is 5.82 Å². The van der Waals surface area contributed by atoms with Crippen LogP contribution in [0.25, 0.3) is 10.2 Å². The maximum Gasteiger partial charge on any atom is 0.264 e. The number of hydrogen-bond acceptors (Lipinski definition) is 7. The van der Waals surface area contributed by atoms with Crippen molar-refractivity contribution in [3.05, 3.63) is 84.2 Å². The van der Waals surface area contributed by atoms with Crippen LogP contribution in [0.1, 0.15) is 10.4 Å². The van der Waals surface area contributed by atoms with Crippen molar-refractivity contribution in [2.75, 3.05) is 55.5 Å². The highest BCUT2D eigenvalue weighted by Crippen LogP contribution is 2.30. The summed E-state index contributed by atoms with van der Waals surface area (Å²) in [6.07, 6.45) is 0. The van der Waals surface area contributed by atoms with E-state index in [1.807, 2.05) is 6.07 Å². The van der Waals surface area contributed by atoms with Gasteiger partial charge in [0.05, 0.1) is 20.8 Å². The Hall–Kier alpha value is -3.25. The number of nitrogens with zero attached hydrogens (tertiary/aromatic N) is 4. The van der Waals surface area contributed by atoms with E-state index in [-0.39, 0.29) is 29.0 Å². The van der Waals surface area contributed by atoms with Crippen LogP contribution in [-0.2, 0) is 10.0 Å². The Balaban J connectivity index is 0.00000353. The predicted octanol–water partition coefficient (Wildman–Crippen LogP) is 4.23. The molecule has 0 spiro atoms. The average Bonchev–Trinajstić information content (AvgIpc) is 3.36. The van der Waals surface area contributed by atoms with Crippen LogP contribution in [0.3, 0.4) is 0 Å². The first kappa shape index (κ1) is 28.8. The zero-order valence-electron chi connectivity index (χ0n) is 21.3. The number of hydrogen-bond donors (Lipinski definition) is 1. The standard InChI is InChI=1S/C27H28FN5O3S2.ClH/c1-31(22-5-3-2-4-6-22)38(35,36)23-10-7-20(8-11-23)26(34)29-13-14-32-15-17-33(18-16-32)27-30-24-12-9-21(28)19-25(24)37-27;/h2-12,19H,13-18H2,1H3,(H,29,34);1H. The Morgan fingerprint density at radius 3 is 2.41 bits per heavy atom. The molecular formula is C27H29ClFN5O3S2. The molecule has 1 aliphatic heterocycles. The second-order valence-electron chi connectivity index (χ2n) is 9.03. The quantitative estimate of drug-likeness (QED) is 0.331. The van der Waals surface area contributed by atoms with E-state index >= 15 is 0 Å². The molecule has 0 radical (unpaired) electrons. The molecule has 5 rings (SSSR count). The van der Waals surface area contributed by atoms with Gasteiger partial charge in [-0.25, -0.2) is 17.8 Å². The summed E-state index contributed by atoms with van der Waals surface area (Å²) in [5.74, 6) is -0.498. The predicted molar refractivity (Wildman–Crippen MR) is 156 cm³/mol. The van der Waals surface area contributed by atoms with E-state index in [2.05, 4.69) is 20.1 Å². The minimum Gasteiger partial charge on any atom is -0.351 e. The number of nitrogens with one attached hydrogen (secondary N) is 1. The number of carbonyl (C=O) groups excluding carboxylic acids is 1. The van der Waals surface area contributed by atoms with Gasteiger partial charge < -0.3 is 10.2 Å². The third-order valence-electron chi connectivity index (χ3n) is 6.59. The highest BCUT2D eigenvalue weighted by atomic mass is 35.5. The van der Waals surface area contributed by atoms with E-state index in [0.717, 1.165) is 41.5 Å². The summed E-state index contributed by atoms with van der Waals surface area (Å²) in [5, 5.41) is 3.82. The number of sulfonamides is 1. The Kier molecular flexibility index (Phi) is 9.06. The van der Waals surface area contributed by atoms with Crippen molar-refractivity contribution < 1.29 is 17.6 Å². The molecule has 0 bridgehead atoms. The molecule has 1 aromatic heterocycles. The molecule has 4 aromatic rings. The van der Waals surface area contributed by atoms with E-state index in [0.29, 0.717) is 24.3 Å². The molecule has 0 aliphatic carbocycles. The minimum atomic E-state index is -3.73. The van der Waals surface area contributed by atoms with Gasteiger partial charge in [0.2, 0.25) is 0 Å². The van der Waals surface area contributed by atoms with Gasteiger partial charge in [0.25, 0.3) is 15.9 Å². The van der Waals surface area contributed by atoms with E-state index in [9.17, 15) is 17.6 Å². The van der Waals surface area contributed by atoms with Crippen LogP contribution >= 0.6 is 23.7 Å².